The Labute approximate surface area is 114 Å². The number of nitrogens with one attached hydrogen (secondary N) is 2. The van der Waals surface area contributed by atoms with Crippen LogP contribution in [0.25, 0.3) is 0 Å². The van der Waals surface area contributed by atoms with Crippen LogP contribution >= 0.6 is 0 Å². The van der Waals surface area contributed by atoms with Crippen LogP contribution in [0.3, 0.4) is 0 Å². The fourth-order valence-corrected chi connectivity index (χ4v) is 2.48. The van der Waals surface area contributed by atoms with Crippen LogP contribution in [-0.4, -0.2) is 31.1 Å². The van der Waals surface area contributed by atoms with Gasteiger partial charge < -0.3 is 15.4 Å². The van der Waals surface area contributed by atoms with Gasteiger partial charge in [0.15, 0.2) is 0 Å². The van der Waals surface area contributed by atoms with Crippen molar-refractivity contribution in [1.29, 1.82) is 0 Å². The van der Waals surface area contributed by atoms with Crippen LogP contribution in [0.5, 0.6) is 5.75 Å². The Balaban J connectivity index is 1.72. The summed E-state index contributed by atoms with van der Waals surface area (Å²) in [6.07, 6.45) is 2.83. The highest BCUT2D eigenvalue weighted by atomic mass is 16.5. The van der Waals surface area contributed by atoms with E-state index in [1.165, 1.54) is 0 Å². The third kappa shape index (κ3) is 3.47. The minimum atomic E-state index is -0.354. The normalized spacial score (nSPS) is 22.2. The van der Waals surface area contributed by atoms with Crippen molar-refractivity contribution in [1.82, 2.24) is 10.6 Å². The molecule has 0 aromatic heterocycles. The van der Waals surface area contributed by atoms with E-state index in [1.807, 2.05) is 30.3 Å². The maximum Gasteiger partial charge on any atom is 0.240 e. The fraction of sp³-hybridized carbons (Fsp3) is 0.533. The molecular formula is C15H22N2O2. The average Bonchev–Trinajstić information content (AvgIpc) is 2.94. The number of para-hydroxylation sites is 1. The molecule has 1 aliphatic rings. The zero-order valence-corrected chi connectivity index (χ0v) is 11.4. The van der Waals surface area contributed by atoms with Gasteiger partial charge in [0.05, 0.1) is 12.1 Å². The quantitative estimate of drug-likeness (QED) is 0.767. The van der Waals surface area contributed by atoms with E-state index in [0.29, 0.717) is 13.2 Å². The molecule has 0 radical (unpaired) electrons. The lowest BCUT2D eigenvalue weighted by Gasteiger charge is -2.26. The van der Waals surface area contributed by atoms with Crippen molar-refractivity contribution >= 4 is 5.91 Å². The molecule has 0 aliphatic carbocycles. The van der Waals surface area contributed by atoms with E-state index >= 15 is 0 Å². The van der Waals surface area contributed by atoms with Gasteiger partial charge in [0, 0.05) is 0 Å². The number of hydrogen-bond donors (Lipinski definition) is 2. The van der Waals surface area contributed by atoms with Crippen molar-refractivity contribution in [3.05, 3.63) is 30.3 Å². The number of carbonyl (C=O) groups excluding carboxylic acids is 1. The molecule has 0 spiro atoms. The second-order valence-corrected chi connectivity index (χ2v) is 4.88. The minimum Gasteiger partial charge on any atom is -0.492 e. The van der Waals surface area contributed by atoms with Crippen LogP contribution < -0.4 is 15.4 Å². The number of hydrogen-bond acceptors (Lipinski definition) is 3. The topological polar surface area (TPSA) is 50.4 Å². The lowest BCUT2D eigenvalue weighted by Crippen LogP contribution is -2.53. The number of benzene rings is 1. The molecule has 1 aliphatic heterocycles. The third-order valence-electron chi connectivity index (χ3n) is 3.68. The summed E-state index contributed by atoms with van der Waals surface area (Å²) in [5.41, 5.74) is -0.354. The lowest BCUT2D eigenvalue weighted by molar-refractivity contribution is -0.127. The Morgan fingerprint density at radius 1 is 1.42 bits per heavy atom. The highest BCUT2D eigenvalue weighted by Crippen LogP contribution is 2.22. The monoisotopic (exact) mass is 262 g/mol. The first kappa shape index (κ1) is 13.9. The average molecular weight is 262 g/mol. The Hall–Kier alpha value is -1.55. The van der Waals surface area contributed by atoms with Crippen molar-refractivity contribution in [3.63, 3.8) is 0 Å². The number of carbonyl (C=O) groups is 1. The van der Waals surface area contributed by atoms with Crippen molar-refractivity contribution in [2.24, 2.45) is 0 Å². The fourth-order valence-electron chi connectivity index (χ4n) is 2.48. The first-order valence-electron chi connectivity index (χ1n) is 6.98. The van der Waals surface area contributed by atoms with Gasteiger partial charge >= 0.3 is 0 Å². The Bertz CT molecular complexity index is 400. The summed E-state index contributed by atoms with van der Waals surface area (Å²) in [7, 11) is 0. The molecule has 104 valence electrons. The summed E-state index contributed by atoms with van der Waals surface area (Å²) in [4.78, 5) is 12.2. The second kappa shape index (κ2) is 6.57. The standard InChI is InChI=1S/C15H22N2O2/c1-2-15(9-6-10-17-15)14(18)16-11-12-19-13-7-4-3-5-8-13/h3-5,7-8,17H,2,6,9-12H2,1H3,(H,16,18). The maximum absolute atomic E-state index is 12.2. The highest BCUT2D eigenvalue weighted by molar-refractivity contribution is 5.86. The van der Waals surface area contributed by atoms with Gasteiger partial charge in [-0.1, -0.05) is 25.1 Å². The van der Waals surface area contributed by atoms with Crippen LogP contribution in [0, 0.1) is 0 Å². The second-order valence-electron chi connectivity index (χ2n) is 4.88. The van der Waals surface area contributed by atoms with Gasteiger partial charge in [0.25, 0.3) is 0 Å². The van der Waals surface area contributed by atoms with E-state index in [4.69, 9.17) is 4.74 Å². The Morgan fingerprint density at radius 3 is 2.84 bits per heavy atom. The molecule has 1 saturated heterocycles. The minimum absolute atomic E-state index is 0.101. The predicted octanol–water partition coefficient (Wildman–Crippen LogP) is 1.71. The molecule has 0 bridgehead atoms. The number of rotatable bonds is 6. The molecule has 1 aromatic carbocycles. The summed E-state index contributed by atoms with van der Waals surface area (Å²) in [5.74, 6) is 0.935. The molecule has 1 aromatic rings. The first-order valence-corrected chi connectivity index (χ1v) is 6.98. The molecule has 1 atom stereocenters. The summed E-state index contributed by atoms with van der Waals surface area (Å²) >= 11 is 0. The van der Waals surface area contributed by atoms with Crippen LogP contribution in [0.4, 0.5) is 0 Å². The van der Waals surface area contributed by atoms with Crippen LogP contribution in [0.2, 0.25) is 0 Å². The van der Waals surface area contributed by atoms with Crippen LogP contribution in [-0.2, 0) is 4.79 Å². The Kier molecular flexibility index (Phi) is 4.80. The van der Waals surface area contributed by atoms with E-state index in [0.717, 1.165) is 31.6 Å². The molecule has 19 heavy (non-hydrogen) atoms. The molecule has 2 N–H and O–H groups in total. The molecule has 0 saturated carbocycles. The van der Waals surface area contributed by atoms with E-state index in [9.17, 15) is 4.79 Å². The van der Waals surface area contributed by atoms with Gasteiger partial charge in [-0.25, -0.2) is 0 Å². The summed E-state index contributed by atoms with van der Waals surface area (Å²) < 4.78 is 5.55. The maximum atomic E-state index is 12.2. The van der Waals surface area contributed by atoms with Gasteiger partial charge in [-0.3, -0.25) is 4.79 Å². The smallest absolute Gasteiger partial charge is 0.240 e. The predicted molar refractivity (Wildman–Crippen MR) is 75.2 cm³/mol. The highest BCUT2D eigenvalue weighted by Gasteiger charge is 2.38. The van der Waals surface area contributed by atoms with Gasteiger partial charge in [-0.05, 0) is 37.9 Å². The van der Waals surface area contributed by atoms with Gasteiger partial charge in [0.2, 0.25) is 5.91 Å². The van der Waals surface area contributed by atoms with E-state index in [2.05, 4.69) is 17.6 Å². The molecule has 2 rings (SSSR count). The third-order valence-corrected chi connectivity index (χ3v) is 3.68. The molecule has 4 nitrogen and oxygen atoms in total. The zero-order chi connectivity index (χ0) is 13.6. The van der Waals surface area contributed by atoms with Gasteiger partial charge in [0.1, 0.15) is 12.4 Å². The van der Waals surface area contributed by atoms with Crippen LogP contribution in [0.1, 0.15) is 26.2 Å². The molecule has 1 unspecified atom stereocenters. The number of amides is 1. The molecule has 1 heterocycles. The summed E-state index contributed by atoms with van der Waals surface area (Å²) in [6, 6.07) is 9.64. The van der Waals surface area contributed by atoms with Crippen molar-refractivity contribution in [3.8, 4) is 5.75 Å². The summed E-state index contributed by atoms with van der Waals surface area (Å²) in [5, 5.41) is 6.29. The van der Waals surface area contributed by atoms with Crippen molar-refractivity contribution in [2.75, 3.05) is 19.7 Å². The van der Waals surface area contributed by atoms with E-state index in [-0.39, 0.29) is 11.4 Å². The van der Waals surface area contributed by atoms with E-state index in [1.54, 1.807) is 0 Å². The molecule has 4 heteroatoms. The van der Waals surface area contributed by atoms with Crippen LogP contribution in [0.15, 0.2) is 30.3 Å². The molecule has 1 fully saturated rings. The zero-order valence-electron chi connectivity index (χ0n) is 11.4. The van der Waals surface area contributed by atoms with Crippen molar-refractivity contribution < 1.29 is 9.53 Å². The Morgan fingerprint density at radius 2 is 2.21 bits per heavy atom. The lowest BCUT2D eigenvalue weighted by atomic mass is 9.93. The molecule has 1 amide bonds. The first-order chi connectivity index (χ1) is 9.27. The van der Waals surface area contributed by atoms with Gasteiger partial charge in [-0.2, -0.15) is 0 Å². The van der Waals surface area contributed by atoms with E-state index < -0.39 is 0 Å². The SMILES string of the molecule is CCC1(C(=O)NCCOc2ccccc2)CCCN1. The molecular weight excluding hydrogens is 240 g/mol. The van der Waals surface area contributed by atoms with Gasteiger partial charge in [-0.15, -0.1) is 0 Å². The number of ether oxygens (including phenoxy) is 1. The summed E-state index contributed by atoms with van der Waals surface area (Å²) in [6.45, 7) is 4.02. The van der Waals surface area contributed by atoms with Crippen molar-refractivity contribution in [2.45, 2.75) is 31.7 Å². The largest absolute Gasteiger partial charge is 0.492 e.